The summed E-state index contributed by atoms with van der Waals surface area (Å²) in [6.07, 6.45) is 4.81. The number of hydrogen-bond acceptors (Lipinski definition) is 3. The van der Waals surface area contributed by atoms with Crippen molar-refractivity contribution in [2.45, 2.75) is 32.6 Å². The van der Waals surface area contributed by atoms with E-state index in [0.717, 1.165) is 32.0 Å². The Balaban J connectivity index is 1.72. The van der Waals surface area contributed by atoms with E-state index in [4.69, 9.17) is 5.73 Å². The van der Waals surface area contributed by atoms with Gasteiger partial charge in [-0.05, 0) is 64.7 Å². The molecule has 4 heteroatoms. The number of primary amides is 1. The largest absolute Gasteiger partial charge is 0.369 e. The Kier molecular flexibility index (Phi) is 4.05. The minimum Gasteiger partial charge on any atom is -0.369 e. The van der Waals surface area contributed by atoms with Crippen LogP contribution in [0.2, 0.25) is 0 Å². The second-order valence-electron chi connectivity index (χ2n) is 5.93. The summed E-state index contributed by atoms with van der Waals surface area (Å²) >= 11 is 0. The number of amides is 1. The van der Waals surface area contributed by atoms with E-state index in [2.05, 4.69) is 10.2 Å². The average molecular weight is 239 g/mol. The zero-order valence-electron chi connectivity index (χ0n) is 10.9. The van der Waals surface area contributed by atoms with Gasteiger partial charge in [-0.2, -0.15) is 0 Å². The van der Waals surface area contributed by atoms with Crippen molar-refractivity contribution in [1.29, 1.82) is 0 Å². The van der Waals surface area contributed by atoms with Crippen molar-refractivity contribution in [1.82, 2.24) is 10.2 Å². The van der Waals surface area contributed by atoms with Crippen molar-refractivity contribution in [3.05, 3.63) is 0 Å². The van der Waals surface area contributed by atoms with Crippen LogP contribution in [0.25, 0.3) is 0 Å². The molecule has 0 aromatic rings. The van der Waals surface area contributed by atoms with Gasteiger partial charge in [-0.3, -0.25) is 4.79 Å². The van der Waals surface area contributed by atoms with Crippen LogP contribution in [0.5, 0.6) is 0 Å². The molecular formula is C13H25N3O. The highest BCUT2D eigenvalue weighted by atomic mass is 16.1. The van der Waals surface area contributed by atoms with Crippen LogP contribution >= 0.6 is 0 Å². The van der Waals surface area contributed by atoms with Crippen molar-refractivity contribution in [2.75, 3.05) is 32.7 Å². The SMILES string of the molecule is CC1(C(N)=O)CCN(CCC2CCNCC2)C1. The third kappa shape index (κ3) is 3.19. The first kappa shape index (κ1) is 12.8. The number of nitrogens with zero attached hydrogens (tertiary/aromatic N) is 1. The predicted molar refractivity (Wildman–Crippen MR) is 68.6 cm³/mol. The third-order valence-electron chi connectivity index (χ3n) is 4.46. The highest BCUT2D eigenvalue weighted by molar-refractivity contribution is 5.81. The van der Waals surface area contributed by atoms with Crippen molar-refractivity contribution < 1.29 is 4.79 Å². The number of nitrogens with two attached hydrogens (primary N) is 1. The normalized spacial score (nSPS) is 31.8. The van der Waals surface area contributed by atoms with Crippen LogP contribution in [-0.2, 0) is 4.79 Å². The van der Waals surface area contributed by atoms with E-state index in [9.17, 15) is 4.79 Å². The predicted octanol–water partition coefficient (Wildman–Crippen LogP) is 0.573. The van der Waals surface area contributed by atoms with Gasteiger partial charge in [0, 0.05) is 6.54 Å². The van der Waals surface area contributed by atoms with Gasteiger partial charge in [0.1, 0.15) is 0 Å². The molecule has 98 valence electrons. The molecule has 3 N–H and O–H groups in total. The zero-order chi connectivity index (χ0) is 12.3. The van der Waals surface area contributed by atoms with Crippen LogP contribution in [0.1, 0.15) is 32.6 Å². The number of rotatable bonds is 4. The van der Waals surface area contributed by atoms with E-state index in [-0.39, 0.29) is 11.3 Å². The summed E-state index contributed by atoms with van der Waals surface area (Å²) in [7, 11) is 0. The molecule has 0 aliphatic carbocycles. The molecule has 0 radical (unpaired) electrons. The number of nitrogens with one attached hydrogen (secondary N) is 1. The Morgan fingerprint density at radius 3 is 2.76 bits per heavy atom. The molecule has 1 unspecified atom stereocenters. The van der Waals surface area contributed by atoms with Gasteiger partial charge in [-0.15, -0.1) is 0 Å². The minimum atomic E-state index is -0.284. The maximum atomic E-state index is 11.4. The van der Waals surface area contributed by atoms with E-state index in [1.54, 1.807) is 0 Å². The van der Waals surface area contributed by atoms with E-state index in [1.165, 1.54) is 32.4 Å². The number of carbonyl (C=O) groups is 1. The maximum Gasteiger partial charge on any atom is 0.224 e. The molecule has 2 aliphatic heterocycles. The molecule has 1 atom stereocenters. The van der Waals surface area contributed by atoms with Gasteiger partial charge in [0.25, 0.3) is 0 Å². The van der Waals surface area contributed by atoms with Gasteiger partial charge >= 0.3 is 0 Å². The highest BCUT2D eigenvalue weighted by Crippen LogP contribution is 2.30. The molecule has 2 aliphatic rings. The number of carbonyl (C=O) groups excluding carboxylic acids is 1. The Hall–Kier alpha value is -0.610. The molecule has 17 heavy (non-hydrogen) atoms. The van der Waals surface area contributed by atoms with Gasteiger partial charge in [0.15, 0.2) is 0 Å². The zero-order valence-corrected chi connectivity index (χ0v) is 10.9. The number of piperidine rings is 1. The molecular weight excluding hydrogens is 214 g/mol. The lowest BCUT2D eigenvalue weighted by molar-refractivity contribution is -0.126. The Labute approximate surface area is 104 Å². The lowest BCUT2D eigenvalue weighted by Gasteiger charge is -2.26. The molecule has 0 saturated carbocycles. The molecule has 0 aromatic carbocycles. The molecule has 0 spiro atoms. The van der Waals surface area contributed by atoms with Gasteiger partial charge in [0.2, 0.25) is 5.91 Å². The van der Waals surface area contributed by atoms with Gasteiger partial charge in [-0.25, -0.2) is 0 Å². The van der Waals surface area contributed by atoms with Crippen molar-refractivity contribution in [3.63, 3.8) is 0 Å². The maximum absolute atomic E-state index is 11.4. The van der Waals surface area contributed by atoms with E-state index < -0.39 is 0 Å². The summed E-state index contributed by atoms with van der Waals surface area (Å²) < 4.78 is 0. The Bertz CT molecular complexity index is 276. The molecule has 1 amide bonds. The summed E-state index contributed by atoms with van der Waals surface area (Å²) in [5, 5.41) is 3.40. The quantitative estimate of drug-likeness (QED) is 0.754. The minimum absolute atomic E-state index is 0.137. The first-order valence-electron chi connectivity index (χ1n) is 6.83. The summed E-state index contributed by atoms with van der Waals surface area (Å²) in [5.74, 6) is 0.735. The van der Waals surface area contributed by atoms with Gasteiger partial charge in [-0.1, -0.05) is 0 Å². The van der Waals surface area contributed by atoms with E-state index in [1.807, 2.05) is 6.92 Å². The second kappa shape index (κ2) is 5.36. The van der Waals surface area contributed by atoms with E-state index >= 15 is 0 Å². The Morgan fingerprint density at radius 2 is 2.18 bits per heavy atom. The van der Waals surface area contributed by atoms with Gasteiger partial charge in [0.05, 0.1) is 5.41 Å². The first-order valence-corrected chi connectivity index (χ1v) is 6.83. The average Bonchev–Trinajstić information content (AvgIpc) is 2.72. The summed E-state index contributed by atoms with van der Waals surface area (Å²) in [6, 6.07) is 0. The van der Waals surface area contributed by atoms with Gasteiger partial charge < -0.3 is 16.0 Å². The molecule has 2 fully saturated rings. The summed E-state index contributed by atoms with van der Waals surface area (Å²) in [6.45, 7) is 7.36. The standard InChI is InChI=1S/C13H25N3O/c1-13(12(14)17)5-9-16(10-13)8-4-11-2-6-15-7-3-11/h11,15H,2-10H2,1H3,(H2,14,17). The lowest BCUT2D eigenvalue weighted by atomic mass is 9.89. The second-order valence-corrected chi connectivity index (χ2v) is 5.93. The Morgan fingerprint density at radius 1 is 1.47 bits per heavy atom. The lowest BCUT2D eigenvalue weighted by Crippen LogP contribution is -2.37. The molecule has 2 saturated heterocycles. The summed E-state index contributed by atoms with van der Waals surface area (Å²) in [5.41, 5.74) is 5.18. The van der Waals surface area contributed by atoms with Crippen molar-refractivity contribution in [2.24, 2.45) is 17.1 Å². The van der Waals surface area contributed by atoms with Crippen LogP contribution in [0.4, 0.5) is 0 Å². The smallest absolute Gasteiger partial charge is 0.224 e. The van der Waals surface area contributed by atoms with E-state index in [0.29, 0.717) is 0 Å². The van der Waals surface area contributed by atoms with Crippen LogP contribution in [0, 0.1) is 11.3 Å². The van der Waals surface area contributed by atoms with Crippen LogP contribution < -0.4 is 11.1 Å². The molecule has 4 nitrogen and oxygen atoms in total. The number of likely N-dealkylation sites (tertiary alicyclic amines) is 1. The van der Waals surface area contributed by atoms with Crippen LogP contribution in [0.3, 0.4) is 0 Å². The van der Waals surface area contributed by atoms with Crippen LogP contribution in [-0.4, -0.2) is 43.5 Å². The highest BCUT2D eigenvalue weighted by Gasteiger charge is 2.38. The van der Waals surface area contributed by atoms with Crippen molar-refractivity contribution in [3.8, 4) is 0 Å². The first-order chi connectivity index (χ1) is 8.10. The molecule has 0 aromatic heterocycles. The molecule has 2 heterocycles. The molecule has 0 bridgehead atoms. The molecule has 2 rings (SSSR count). The number of hydrogen-bond donors (Lipinski definition) is 2. The van der Waals surface area contributed by atoms with Crippen molar-refractivity contribution >= 4 is 5.91 Å². The fourth-order valence-corrected chi connectivity index (χ4v) is 2.98. The topological polar surface area (TPSA) is 58.4 Å². The van der Waals surface area contributed by atoms with Crippen LogP contribution in [0.15, 0.2) is 0 Å². The monoisotopic (exact) mass is 239 g/mol. The fourth-order valence-electron chi connectivity index (χ4n) is 2.98. The fraction of sp³-hybridized carbons (Fsp3) is 0.923. The third-order valence-corrected chi connectivity index (χ3v) is 4.46. The summed E-state index contributed by atoms with van der Waals surface area (Å²) in [4.78, 5) is 13.8.